The van der Waals surface area contributed by atoms with Gasteiger partial charge in [0.1, 0.15) is 6.04 Å². The number of aromatic nitrogens is 1. The minimum absolute atomic E-state index is 0.110. The number of dihydropyridines is 1. The Morgan fingerprint density at radius 2 is 1.44 bits per heavy atom. The summed E-state index contributed by atoms with van der Waals surface area (Å²) in [7, 11) is 0. The van der Waals surface area contributed by atoms with Crippen molar-refractivity contribution in [1.29, 1.82) is 0 Å². The van der Waals surface area contributed by atoms with E-state index in [4.69, 9.17) is 4.99 Å². The first-order valence-corrected chi connectivity index (χ1v) is 13.6. The molecular formula is C37H24N2. The predicted molar refractivity (Wildman–Crippen MR) is 162 cm³/mol. The molecule has 0 bridgehead atoms. The van der Waals surface area contributed by atoms with Crippen molar-refractivity contribution in [2.75, 3.05) is 0 Å². The van der Waals surface area contributed by atoms with Gasteiger partial charge >= 0.3 is 0 Å². The highest BCUT2D eigenvalue weighted by Gasteiger charge is 2.38. The number of fused-ring (bicyclic) bond motifs is 5. The van der Waals surface area contributed by atoms with Gasteiger partial charge in [0, 0.05) is 28.6 Å². The van der Waals surface area contributed by atoms with Gasteiger partial charge in [-0.3, -0.25) is 4.99 Å². The van der Waals surface area contributed by atoms with Crippen molar-refractivity contribution in [2.45, 2.75) is 6.04 Å². The second-order valence-corrected chi connectivity index (χ2v) is 10.7. The molecule has 0 radical (unpaired) electrons. The molecule has 1 aliphatic heterocycles. The van der Waals surface area contributed by atoms with Crippen LogP contribution in [0.2, 0.25) is 0 Å². The number of hydrogen-bond acceptors (Lipinski definition) is 1. The van der Waals surface area contributed by atoms with Crippen LogP contribution in [0.4, 0.5) is 0 Å². The van der Waals surface area contributed by atoms with E-state index in [1.165, 1.54) is 72.1 Å². The van der Waals surface area contributed by atoms with Crippen molar-refractivity contribution in [3.05, 3.63) is 166 Å². The molecule has 0 amide bonds. The summed E-state index contributed by atoms with van der Waals surface area (Å²) in [4.78, 5) is 4.84. The standard InChI is InChI=1S/C37H24N2/c1-3-9-33-29(7-1)30-8-2-4-10-34(30)39(33)27-16-11-23(12-17-27)28-18-13-24-14-20-32-36-25(15-19-31(28)35(24)36)22-26-6-5-21-38-37(26)32/h1-22,35,37H. The molecule has 0 spiro atoms. The van der Waals surface area contributed by atoms with Crippen LogP contribution in [0.5, 0.6) is 0 Å². The zero-order chi connectivity index (χ0) is 25.5. The van der Waals surface area contributed by atoms with Gasteiger partial charge in [-0.25, -0.2) is 0 Å². The van der Waals surface area contributed by atoms with Crippen LogP contribution in [-0.4, -0.2) is 16.8 Å². The van der Waals surface area contributed by atoms with Crippen molar-refractivity contribution in [3.8, 4) is 5.69 Å². The van der Waals surface area contributed by atoms with Gasteiger partial charge in [-0.15, -0.1) is 0 Å². The summed E-state index contributed by atoms with van der Waals surface area (Å²) in [5, 5.41) is 2.58. The molecule has 4 aromatic rings. The Labute approximate surface area is 227 Å². The summed E-state index contributed by atoms with van der Waals surface area (Å²) in [5.74, 6) is 0.265. The fourth-order valence-corrected chi connectivity index (χ4v) is 7.06. The number of nitrogens with zero attached hydrogens (tertiary/aromatic N) is 2. The Balaban J connectivity index is 1.17. The molecule has 2 unspecified atom stereocenters. The van der Waals surface area contributed by atoms with Crippen LogP contribution in [0.25, 0.3) is 33.1 Å². The van der Waals surface area contributed by atoms with Crippen LogP contribution < -0.4 is 0 Å². The van der Waals surface area contributed by atoms with Gasteiger partial charge in [0.05, 0.1) is 11.0 Å². The quantitative estimate of drug-likeness (QED) is 0.265. The Morgan fingerprint density at radius 1 is 0.667 bits per heavy atom. The van der Waals surface area contributed by atoms with Crippen LogP contribution >= 0.6 is 0 Å². The number of hydrogen-bond donors (Lipinski definition) is 0. The van der Waals surface area contributed by atoms with Crippen molar-refractivity contribution in [3.63, 3.8) is 0 Å². The summed E-state index contributed by atoms with van der Waals surface area (Å²) in [6.45, 7) is 0. The van der Waals surface area contributed by atoms with Crippen LogP contribution in [0.3, 0.4) is 0 Å². The van der Waals surface area contributed by atoms with Crippen molar-refractivity contribution in [2.24, 2.45) is 10.9 Å². The topological polar surface area (TPSA) is 17.3 Å². The second-order valence-electron chi connectivity index (χ2n) is 10.7. The monoisotopic (exact) mass is 496 g/mol. The van der Waals surface area contributed by atoms with E-state index in [1.54, 1.807) is 0 Å². The van der Waals surface area contributed by atoms with Crippen LogP contribution in [-0.2, 0) is 0 Å². The molecular weight excluding hydrogens is 472 g/mol. The molecule has 9 rings (SSSR count). The molecule has 2 atom stereocenters. The number of rotatable bonds is 2. The molecule has 2 heteroatoms. The third kappa shape index (κ3) is 2.89. The molecule has 2 nitrogen and oxygen atoms in total. The molecule has 39 heavy (non-hydrogen) atoms. The van der Waals surface area contributed by atoms with E-state index in [2.05, 4.69) is 126 Å². The minimum Gasteiger partial charge on any atom is -0.309 e. The Hall–Kier alpha value is -4.95. The van der Waals surface area contributed by atoms with E-state index in [0.717, 1.165) is 0 Å². The van der Waals surface area contributed by atoms with Gasteiger partial charge in [0.15, 0.2) is 0 Å². The maximum absolute atomic E-state index is 4.84. The van der Waals surface area contributed by atoms with Gasteiger partial charge in [-0.2, -0.15) is 0 Å². The molecule has 0 saturated heterocycles. The third-order valence-electron chi connectivity index (χ3n) is 8.77. The maximum atomic E-state index is 4.84. The maximum Gasteiger partial charge on any atom is 0.100 e. The molecule has 0 saturated carbocycles. The second kappa shape index (κ2) is 7.78. The average Bonchev–Trinajstić information content (AvgIpc) is 3.34. The van der Waals surface area contributed by atoms with E-state index >= 15 is 0 Å². The highest BCUT2D eigenvalue weighted by Crippen LogP contribution is 2.51. The highest BCUT2D eigenvalue weighted by atomic mass is 15.0. The first-order chi connectivity index (χ1) is 19.3. The predicted octanol–water partition coefficient (Wildman–Crippen LogP) is 8.41. The first kappa shape index (κ1) is 21.0. The van der Waals surface area contributed by atoms with Crippen LogP contribution in [0.15, 0.2) is 166 Å². The molecule has 182 valence electrons. The van der Waals surface area contributed by atoms with E-state index in [1.807, 2.05) is 12.3 Å². The third-order valence-corrected chi connectivity index (χ3v) is 8.77. The van der Waals surface area contributed by atoms with Gasteiger partial charge in [0.2, 0.25) is 0 Å². The van der Waals surface area contributed by atoms with Crippen LogP contribution in [0.1, 0.15) is 5.56 Å². The lowest BCUT2D eigenvalue weighted by Crippen LogP contribution is -2.29. The normalized spacial score (nSPS) is 22.2. The van der Waals surface area contributed by atoms with E-state index in [0.29, 0.717) is 0 Å². The van der Waals surface area contributed by atoms with E-state index in [9.17, 15) is 0 Å². The first-order valence-electron chi connectivity index (χ1n) is 13.6. The highest BCUT2D eigenvalue weighted by molar-refractivity contribution is 6.09. The lowest BCUT2D eigenvalue weighted by molar-refractivity contribution is 0.786. The number of allylic oxidation sites excluding steroid dienone is 12. The number of aliphatic imine (C=N–C) groups is 1. The van der Waals surface area contributed by atoms with Crippen molar-refractivity contribution >= 4 is 33.6 Å². The molecule has 0 N–H and O–H groups in total. The number of para-hydroxylation sites is 2. The zero-order valence-electron chi connectivity index (χ0n) is 21.3. The summed E-state index contributed by atoms with van der Waals surface area (Å²) in [6, 6.07) is 26.6. The summed E-state index contributed by atoms with van der Waals surface area (Å²) in [5.41, 5.74) is 14.3. The van der Waals surface area contributed by atoms with Crippen molar-refractivity contribution in [1.82, 2.24) is 4.57 Å². The van der Waals surface area contributed by atoms with Gasteiger partial charge < -0.3 is 4.57 Å². The molecule has 5 aliphatic rings. The lowest BCUT2D eigenvalue weighted by atomic mass is 9.65. The molecule has 1 aromatic heterocycles. The zero-order valence-corrected chi connectivity index (χ0v) is 21.3. The Bertz CT molecular complexity index is 1990. The average molecular weight is 497 g/mol. The van der Waals surface area contributed by atoms with E-state index in [-0.39, 0.29) is 12.0 Å². The molecule has 0 fully saturated rings. The Kier molecular flexibility index (Phi) is 4.20. The molecule has 4 aliphatic carbocycles. The van der Waals surface area contributed by atoms with Gasteiger partial charge in [-0.1, -0.05) is 91.1 Å². The fourth-order valence-electron chi connectivity index (χ4n) is 7.06. The molecule has 2 heterocycles. The summed E-state index contributed by atoms with van der Waals surface area (Å²) in [6.07, 6.45) is 22.4. The van der Waals surface area contributed by atoms with E-state index < -0.39 is 0 Å². The summed E-state index contributed by atoms with van der Waals surface area (Å²) < 4.78 is 2.38. The fraction of sp³-hybridized carbons (Fsp3) is 0.0541. The van der Waals surface area contributed by atoms with Crippen molar-refractivity contribution < 1.29 is 0 Å². The Morgan fingerprint density at radius 3 is 2.23 bits per heavy atom. The molecule has 3 aromatic carbocycles. The lowest BCUT2D eigenvalue weighted by Gasteiger charge is -2.39. The van der Waals surface area contributed by atoms with Gasteiger partial charge in [-0.05, 0) is 81.0 Å². The SMILES string of the molecule is C1=CC2=CC3=C4C(=CC=C5C=CC(c6ccc(-n7c8ccccc8c8ccccc87)cc6)=C(C=C3)C54)C2N=C1. The minimum atomic E-state index is 0.110. The van der Waals surface area contributed by atoms with Gasteiger partial charge in [0.25, 0.3) is 0 Å². The number of benzene rings is 3. The largest absolute Gasteiger partial charge is 0.309 e. The summed E-state index contributed by atoms with van der Waals surface area (Å²) >= 11 is 0. The van der Waals surface area contributed by atoms with Crippen LogP contribution in [0, 0.1) is 5.92 Å². The smallest absolute Gasteiger partial charge is 0.100 e.